The molecule has 6 nitrogen and oxygen atoms in total. The van der Waals surface area contributed by atoms with Gasteiger partial charge in [-0.05, 0) is 12.8 Å². The molecule has 1 fully saturated rings. The van der Waals surface area contributed by atoms with Crippen molar-refractivity contribution in [1.82, 2.24) is 14.9 Å². The van der Waals surface area contributed by atoms with E-state index in [1.165, 1.54) is 25.2 Å². The Labute approximate surface area is 101 Å². The summed E-state index contributed by atoms with van der Waals surface area (Å²) in [5.74, 6) is 0. The maximum atomic E-state index is 11.7. The van der Waals surface area contributed by atoms with Gasteiger partial charge in [0, 0.05) is 12.7 Å². The topological polar surface area (TPSA) is 84.1 Å². The van der Waals surface area contributed by atoms with E-state index >= 15 is 0 Å². The van der Waals surface area contributed by atoms with Crippen LogP contribution in [0.25, 0.3) is 0 Å². The smallest absolute Gasteiger partial charge is 0.243 e. The summed E-state index contributed by atoms with van der Waals surface area (Å²) in [5, 5.41) is 6.07. The molecular formula is C10H17N3O3S. The Kier molecular flexibility index (Phi) is 4.14. The highest BCUT2D eigenvalue weighted by Crippen LogP contribution is 2.20. The number of nitrogens with zero attached hydrogens (tertiary/aromatic N) is 1. The Morgan fingerprint density at radius 2 is 2.24 bits per heavy atom. The van der Waals surface area contributed by atoms with Crippen molar-refractivity contribution in [3.63, 3.8) is 0 Å². The van der Waals surface area contributed by atoms with Gasteiger partial charge in [0.25, 0.3) is 0 Å². The van der Waals surface area contributed by atoms with Crippen LogP contribution in [-0.4, -0.2) is 37.9 Å². The molecule has 1 aromatic rings. The molecule has 0 aliphatic heterocycles. The summed E-state index contributed by atoms with van der Waals surface area (Å²) in [6, 6.07) is 0. The zero-order valence-corrected chi connectivity index (χ0v) is 10.4. The van der Waals surface area contributed by atoms with Gasteiger partial charge in [-0.15, -0.1) is 0 Å². The van der Waals surface area contributed by atoms with Gasteiger partial charge in [0.1, 0.15) is 4.90 Å². The molecule has 0 atom stereocenters. The van der Waals surface area contributed by atoms with Crippen molar-refractivity contribution in [3.8, 4) is 0 Å². The third-order valence-corrected chi connectivity index (χ3v) is 4.26. The second kappa shape index (κ2) is 5.61. The molecule has 0 unspecified atom stereocenters. The Morgan fingerprint density at radius 1 is 1.47 bits per heavy atom. The summed E-state index contributed by atoms with van der Waals surface area (Å²) in [6.07, 6.45) is 7.55. The molecule has 2 N–H and O–H groups in total. The van der Waals surface area contributed by atoms with Gasteiger partial charge in [-0.25, -0.2) is 13.1 Å². The van der Waals surface area contributed by atoms with Gasteiger partial charge in [0.05, 0.1) is 18.9 Å². The van der Waals surface area contributed by atoms with E-state index in [-0.39, 0.29) is 4.90 Å². The fourth-order valence-electron chi connectivity index (χ4n) is 1.93. The number of aromatic nitrogens is 2. The second-order valence-electron chi connectivity index (χ2n) is 4.11. The first-order chi connectivity index (χ1) is 8.18. The first-order valence-electron chi connectivity index (χ1n) is 5.78. The average molecular weight is 259 g/mol. The summed E-state index contributed by atoms with van der Waals surface area (Å²) < 4.78 is 31.4. The van der Waals surface area contributed by atoms with Crippen molar-refractivity contribution in [2.24, 2.45) is 0 Å². The highest BCUT2D eigenvalue weighted by atomic mass is 32.2. The molecule has 7 heteroatoms. The van der Waals surface area contributed by atoms with E-state index < -0.39 is 10.0 Å². The molecule has 0 bridgehead atoms. The van der Waals surface area contributed by atoms with Crippen LogP contribution in [0, 0.1) is 0 Å². The highest BCUT2D eigenvalue weighted by molar-refractivity contribution is 7.89. The first kappa shape index (κ1) is 12.5. The van der Waals surface area contributed by atoms with Crippen LogP contribution < -0.4 is 4.72 Å². The Hall–Kier alpha value is -0.920. The van der Waals surface area contributed by atoms with Gasteiger partial charge in [-0.3, -0.25) is 5.10 Å². The SMILES string of the molecule is O=S(=O)(NCCOC1CCCC1)c1cn[nH]c1. The highest BCUT2D eigenvalue weighted by Gasteiger charge is 2.17. The summed E-state index contributed by atoms with van der Waals surface area (Å²) in [5.41, 5.74) is 0. The van der Waals surface area contributed by atoms with E-state index in [0.29, 0.717) is 19.3 Å². The van der Waals surface area contributed by atoms with Crippen molar-refractivity contribution in [2.45, 2.75) is 36.7 Å². The molecule has 1 heterocycles. The van der Waals surface area contributed by atoms with Gasteiger partial charge in [-0.1, -0.05) is 12.8 Å². The van der Waals surface area contributed by atoms with Gasteiger partial charge in [0.2, 0.25) is 10.0 Å². The summed E-state index contributed by atoms with van der Waals surface area (Å²) >= 11 is 0. The van der Waals surface area contributed by atoms with E-state index in [1.54, 1.807) is 0 Å². The van der Waals surface area contributed by atoms with E-state index in [4.69, 9.17) is 4.74 Å². The largest absolute Gasteiger partial charge is 0.377 e. The standard InChI is InChI=1S/C10H17N3O3S/c14-17(15,10-7-11-12-8-10)13-5-6-16-9-3-1-2-4-9/h7-9,13H,1-6H2,(H,11,12). The van der Waals surface area contributed by atoms with Crippen LogP contribution >= 0.6 is 0 Å². The number of aromatic amines is 1. The summed E-state index contributed by atoms with van der Waals surface area (Å²) in [4.78, 5) is 0.151. The Balaban J connectivity index is 1.71. The monoisotopic (exact) mass is 259 g/mol. The minimum Gasteiger partial charge on any atom is -0.377 e. The van der Waals surface area contributed by atoms with Gasteiger partial charge in [0.15, 0.2) is 0 Å². The van der Waals surface area contributed by atoms with Crippen LogP contribution in [-0.2, 0) is 14.8 Å². The number of hydrogen-bond donors (Lipinski definition) is 2. The van der Waals surface area contributed by atoms with Crippen molar-refractivity contribution < 1.29 is 13.2 Å². The molecule has 0 amide bonds. The van der Waals surface area contributed by atoms with E-state index in [0.717, 1.165) is 12.8 Å². The summed E-state index contributed by atoms with van der Waals surface area (Å²) in [7, 11) is -3.44. The van der Waals surface area contributed by atoms with Crippen molar-refractivity contribution in [3.05, 3.63) is 12.4 Å². The molecular weight excluding hydrogens is 242 g/mol. The molecule has 1 aliphatic rings. The minimum atomic E-state index is -3.44. The quantitative estimate of drug-likeness (QED) is 0.735. The normalized spacial score (nSPS) is 17.6. The van der Waals surface area contributed by atoms with Crippen molar-refractivity contribution in [2.75, 3.05) is 13.2 Å². The first-order valence-corrected chi connectivity index (χ1v) is 7.27. The number of H-pyrrole nitrogens is 1. The van der Waals surface area contributed by atoms with Crippen LogP contribution in [0.3, 0.4) is 0 Å². The van der Waals surface area contributed by atoms with Gasteiger partial charge < -0.3 is 4.74 Å². The molecule has 0 radical (unpaired) electrons. The van der Waals surface area contributed by atoms with Crippen molar-refractivity contribution >= 4 is 10.0 Å². The van der Waals surface area contributed by atoms with Crippen LogP contribution in [0.1, 0.15) is 25.7 Å². The molecule has 17 heavy (non-hydrogen) atoms. The maximum Gasteiger partial charge on any atom is 0.243 e. The lowest BCUT2D eigenvalue weighted by Gasteiger charge is -2.11. The lowest BCUT2D eigenvalue weighted by Crippen LogP contribution is -2.28. The third-order valence-electron chi connectivity index (χ3n) is 2.83. The zero-order valence-electron chi connectivity index (χ0n) is 9.55. The van der Waals surface area contributed by atoms with Crippen LogP contribution in [0.5, 0.6) is 0 Å². The van der Waals surface area contributed by atoms with E-state index in [2.05, 4.69) is 14.9 Å². The second-order valence-corrected chi connectivity index (χ2v) is 5.88. The zero-order chi connectivity index (χ0) is 12.1. The molecule has 0 saturated heterocycles. The number of ether oxygens (including phenoxy) is 1. The number of hydrogen-bond acceptors (Lipinski definition) is 4. The third kappa shape index (κ3) is 3.52. The van der Waals surface area contributed by atoms with Crippen LogP contribution in [0.2, 0.25) is 0 Å². The maximum absolute atomic E-state index is 11.7. The fraction of sp³-hybridized carbons (Fsp3) is 0.700. The van der Waals surface area contributed by atoms with Gasteiger partial charge in [-0.2, -0.15) is 5.10 Å². The number of rotatable bonds is 6. The van der Waals surface area contributed by atoms with Gasteiger partial charge >= 0.3 is 0 Å². The number of nitrogens with one attached hydrogen (secondary N) is 2. The van der Waals surface area contributed by atoms with Crippen LogP contribution in [0.15, 0.2) is 17.3 Å². The fourth-order valence-corrected chi connectivity index (χ4v) is 2.84. The lowest BCUT2D eigenvalue weighted by atomic mass is 10.3. The Bertz CT molecular complexity index is 424. The molecule has 2 rings (SSSR count). The molecule has 1 saturated carbocycles. The summed E-state index contributed by atoms with van der Waals surface area (Å²) in [6.45, 7) is 0.714. The van der Waals surface area contributed by atoms with Crippen molar-refractivity contribution in [1.29, 1.82) is 0 Å². The number of sulfonamides is 1. The molecule has 96 valence electrons. The van der Waals surface area contributed by atoms with E-state index in [1.807, 2.05) is 0 Å². The Morgan fingerprint density at radius 3 is 2.88 bits per heavy atom. The molecule has 0 aromatic carbocycles. The molecule has 1 aliphatic carbocycles. The lowest BCUT2D eigenvalue weighted by molar-refractivity contribution is 0.0626. The average Bonchev–Trinajstić information content (AvgIpc) is 2.97. The van der Waals surface area contributed by atoms with E-state index in [9.17, 15) is 8.42 Å². The predicted octanol–water partition coefficient (Wildman–Crippen LogP) is 0.647. The molecule has 1 aromatic heterocycles. The van der Waals surface area contributed by atoms with Crippen LogP contribution in [0.4, 0.5) is 0 Å². The minimum absolute atomic E-state index is 0.151. The molecule has 0 spiro atoms. The predicted molar refractivity (Wildman–Crippen MR) is 62.0 cm³/mol.